The van der Waals surface area contributed by atoms with Crippen molar-refractivity contribution in [3.63, 3.8) is 0 Å². The van der Waals surface area contributed by atoms with E-state index >= 15 is 0 Å². The van der Waals surface area contributed by atoms with Gasteiger partial charge in [0.15, 0.2) is 0 Å². The second-order valence-corrected chi connectivity index (χ2v) is 4.85. The molecule has 1 aliphatic carbocycles. The SMILES string of the molecule is FC(F)(F)CNC1CC(c2ccc(Cl)cc2)C1. The molecule has 0 heterocycles. The zero-order valence-electron chi connectivity index (χ0n) is 9.10. The Balaban J connectivity index is 1.77. The largest absolute Gasteiger partial charge is 0.401 e. The van der Waals surface area contributed by atoms with Crippen LogP contribution in [0.2, 0.25) is 5.02 Å². The van der Waals surface area contributed by atoms with Crippen LogP contribution in [0.25, 0.3) is 0 Å². The van der Waals surface area contributed by atoms with Gasteiger partial charge >= 0.3 is 6.18 Å². The molecule has 0 spiro atoms. The van der Waals surface area contributed by atoms with Gasteiger partial charge < -0.3 is 5.32 Å². The zero-order valence-corrected chi connectivity index (χ0v) is 9.85. The summed E-state index contributed by atoms with van der Waals surface area (Å²) in [4.78, 5) is 0. The molecule has 5 heteroatoms. The van der Waals surface area contributed by atoms with Crippen LogP contribution < -0.4 is 5.32 Å². The fraction of sp³-hybridized carbons (Fsp3) is 0.500. The van der Waals surface area contributed by atoms with Gasteiger partial charge in [0.1, 0.15) is 0 Å². The van der Waals surface area contributed by atoms with Crippen LogP contribution in [0.5, 0.6) is 0 Å². The summed E-state index contributed by atoms with van der Waals surface area (Å²) in [6.45, 7) is -0.898. The van der Waals surface area contributed by atoms with Gasteiger partial charge in [0.2, 0.25) is 0 Å². The zero-order chi connectivity index (χ0) is 12.5. The molecule has 1 N–H and O–H groups in total. The van der Waals surface area contributed by atoms with Gasteiger partial charge in [0.25, 0.3) is 0 Å². The van der Waals surface area contributed by atoms with Crippen molar-refractivity contribution in [3.8, 4) is 0 Å². The molecule has 0 aromatic heterocycles. The van der Waals surface area contributed by atoms with Gasteiger partial charge in [0, 0.05) is 11.1 Å². The first kappa shape index (κ1) is 12.7. The number of benzene rings is 1. The van der Waals surface area contributed by atoms with E-state index in [1.165, 1.54) is 0 Å². The van der Waals surface area contributed by atoms with E-state index in [0.717, 1.165) is 18.4 Å². The van der Waals surface area contributed by atoms with Crippen LogP contribution >= 0.6 is 11.6 Å². The molecule has 0 bridgehead atoms. The minimum absolute atomic E-state index is 0.0164. The van der Waals surface area contributed by atoms with E-state index in [1.54, 1.807) is 0 Å². The second kappa shape index (κ2) is 4.86. The Bertz CT molecular complexity index is 368. The maximum absolute atomic E-state index is 12.0. The Kier molecular flexibility index (Phi) is 3.64. The van der Waals surface area contributed by atoms with Crippen molar-refractivity contribution in [2.75, 3.05) is 6.54 Å². The van der Waals surface area contributed by atoms with E-state index in [-0.39, 0.29) is 6.04 Å². The Morgan fingerprint density at radius 2 is 1.76 bits per heavy atom. The van der Waals surface area contributed by atoms with E-state index in [1.807, 2.05) is 24.3 Å². The molecular formula is C12H13ClF3N. The Hall–Kier alpha value is -0.740. The normalized spacial score (nSPS) is 24.5. The van der Waals surface area contributed by atoms with E-state index in [9.17, 15) is 13.2 Å². The summed E-state index contributed by atoms with van der Waals surface area (Å²) in [5.74, 6) is 0.359. The molecule has 0 amide bonds. The van der Waals surface area contributed by atoms with Crippen molar-refractivity contribution in [2.24, 2.45) is 0 Å². The number of alkyl halides is 3. The van der Waals surface area contributed by atoms with Crippen LogP contribution in [0, 0.1) is 0 Å². The smallest absolute Gasteiger partial charge is 0.306 e. The fourth-order valence-electron chi connectivity index (χ4n) is 2.05. The molecule has 1 aliphatic rings. The molecule has 0 saturated heterocycles. The van der Waals surface area contributed by atoms with Crippen LogP contribution in [0.15, 0.2) is 24.3 Å². The third-order valence-corrected chi connectivity index (χ3v) is 3.32. The highest BCUT2D eigenvalue weighted by molar-refractivity contribution is 6.30. The number of nitrogens with one attached hydrogen (secondary N) is 1. The van der Waals surface area contributed by atoms with Crippen molar-refractivity contribution in [2.45, 2.75) is 31.0 Å². The first-order valence-electron chi connectivity index (χ1n) is 5.49. The number of hydrogen-bond donors (Lipinski definition) is 1. The van der Waals surface area contributed by atoms with Crippen LogP contribution in [0.4, 0.5) is 13.2 Å². The number of hydrogen-bond acceptors (Lipinski definition) is 1. The first-order chi connectivity index (χ1) is 7.94. The molecule has 17 heavy (non-hydrogen) atoms. The lowest BCUT2D eigenvalue weighted by Gasteiger charge is -2.36. The van der Waals surface area contributed by atoms with E-state index in [2.05, 4.69) is 5.32 Å². The topological polar surface area (TPSA) is 12.0 Å². The highest BCUT2D eigenvalue weighted by atomic mass is 35.5. The maximum atomic E-state index is 12.0. The Morgan fingerprint density at radius 1 is 1.18 bits per heavy atom. The quantitative estimate of drug-likeness (QED) is 0.876. The van der Waals surface area contributed by atoms with Gasteiger partial charge in [-0.25, -0.2) is 0 Å². The summed E-state index contributed by atoms with van der Waals surface area (Å²) >= 11 is 5.77. The predicted octanol–water partition coefficient (Wildman–Crippen LogP) is 3.74. The van der Waals surface area contributed by atoms with Gasteiger partial charge in [-0.2, -0.15) is 13.2 Å². The number of rotatable bonds is 3. The van der Waals surface area contributed by atoms with Gasteiger partial charge in [0.05, 0.1) is 6.54 Å². The first-order valence-corrected chi connectivity index (χ1v) is 5.87. The molecule has 1 saturated carbocycles. The average Bonchev–Trinajstić information content (AvgIpc) is 2.16. The molecule has 94 valence electrons. The molecule has 2 rings (SSSR count). The van der Waals surface area contributed by atoms with Crippen LogP contribution in [0.3, 0.4) is 0 Å². The highest BCUT2D eigenvalue weighted by Crippen LogP contribution is 2.37. The molecular weight excluding hydrogens is 251 g/mol. The summed E-state index contributed by atoms with van der Waals surface area (Å²) in [6, 6.07) is 7.48. The van der Waals surface area contributed by atoms with Crippen LogP contribution in [-0.4, -0.2) is 18.8 Å². The summed E-state index contributed by atoms with van der Waals surface area (Å²) < 4.78 is 35.9. The van der Waals surface area contributed by atoms with Crippen LogP contribution in [0.1, 0.15) is 24.3 Å². The van der Waals surface area contributed by atoms with E-state index < -0.39 is 12.7 Å². The second-order valence-electron chi connectivity index (χ2n) is 4.41. The predicted molar refractivity (Wildman–Crippen MR) is 61.3 cm³/mol. The van der Waals surface area contributed by atoms with Gasteiger partial charge in [-0.1, -0.05) is 23.7 Å². The van der Waals surface area contributed by atoms with Crippen LogP contribution in [-0.2, 0) is 0 Å². The van der Waals surface area contributed by atoms with Gasteiger partial charge in [-0.15, -0.1) is 0 Å². The van der Waals surface area contributed by atoms with Gasteiger partial charge in [-0.05, 0) is 36.5 Å². The lowest BCUT2D eigenvalue weighted by atomic mass is 9.76. The molecule has 1 nitrogen and oxygen atoms in total. The van der Waals surface area contributed by atoms with Crippen molar-refractivity contribution in [1.82, 2.24) is 5.32 Å². The van der Waals surface area contributed by atoms with E-state index in [4.69, 9.17) is 11.6 Å². The Morgan fingerprint density at radius 3 is 2.29 bits per heavy atom. The molecule has 1 fully saturated rings. The molecule has 1 aromatic rings. The monoisotopic (exact) mass is 263 g/mol. The summed E-state index contributed by atoms with van der Waals surface area (Å²) in [6.07, 6.45) is -2.60. The molecule has 0 aliphatic heterocycles. The average molecular weight is 264 g/mol. The molecule has 1 aromatic carbocycles. The summed E-state index contributed by atoms with van der Waals surface area (Å²) in [7, 11) is 0. The van der Waals surface area contributed by atoms with Crippen molar-refractivity contribution < 1.29 is 13.2 Å². The number of halogens is 4. The van der Waals surface area contributed by atoms with Gasteiger partial charge in [-0.3, -0.25) is 0 Å². The third kappa shape index (κ3) is 3.61. The maximum Gasteiger partial charge on any atom is 0.401 e. The highest BCUT2D eigenvalue weighted by Gasteiger charge is 2.34. The summed E-state index contributed by atoms with van der Waals surface area (Å²) in [5.41, 5.74) is 1.15. The van der Waals surface area contributed by atoms with Crippen molar-refractivity contribution >= 4 is 11.6 Å². The molecule has 0 radical (unpaired) electrons. The molecule has 0 unspecified atom stereocenters. The standard InChI is InChI=1S/C12H13ClF3N/c13-10-3-1-8(2-4-10)9-5-11(6-9)17-7-12(14,15)16/h1-4,9,11,17H,5-7H2. The fourth-order valence-corrected chi connectivity index (χ4v) is 2.18. The Labute approximate surface area is 103 Å². The minimum Gasteiger partial charge on any atom is -0.306 e. The van der Waals surface area contributed by atoms with Crippen molar-refractivity contribution in [1.29, 1.82) is 0 Å². The minimum atomic E-state index is -4.12. The summed E-state index contributed by atoms with van der Waals surface area (Å²) in [5, 5.41) is 3.20. The lowest BCUT2D eigenvalue weighted by molar-refractivity contribution is -0.127. The van der Waals surface area contributed by atoms with Crippen molar-refractivity contribution in [3.05, 3.63) is 34.9 Å². The third-order valence-electron chi connectivity index (χ3n) is 3.07. The lowest BCUT2D eigenvalue weighted by Crippen LogP contribution is -2.44. The molecule has 0 atom stereocenters. The van der Waals surface area contributed by atoms with E-state index in [0.29, 0.717) is 10.9 Å².